The van der Waals surface area contributed by atoms with Gasteiger partial charge in [-0.15, -0.1) is 0 Å². The Kier molecular flexibility index (Phi) is 12.5. The Morgan fingerprint density at radius 2 is 1.31 bits per heavy atom. The summed E-state index contributed by atoms with van der Waals surface area (Å²) in [4.78, 5) is 25.3. The Balaban J connectivity index is 1.87. The first-order chi connectivity index (χ1) is 17.0. The first-order valence-electron chi connectivity index (χ1n) is 13.0. The molecule has 2 aromatic rings. The molecule has 0 spiro atoms. The van der Waals surface area contributed by atoms with E-state index in [-0.39, 0.29) is 40.2 Å². The molecule has 1 aromatic heterocycles. The van der Waals surface area contributed by atoms with Gasteiger partial charge >= 0.3 is 5.63 Å². The van der Waals surface area contributed by atoms with Crippen LogP contribution in [-0.2, 0) is 0 Å². The predicted octanol–water partition coefficient (Wildman–Crippen LogP) is 7.19. The highest BCUT2D eigenvalue weighted by atomic mass is 16.5. The van der Waals surface area contributed by atoms with Crippen LogP contribution >= 0.6 is 0 Å². The van der Waals surface area contributed by atoms with Crippen molar-refractivity contribution in [2.75, 3.05) is 21.3 Å². The van der Waals surface area contributed by atoms with Gasteiger partial charge in [0.2, 0.25) is 5.75 Å². The highest BCUT2D eigenvalue weighted by molar-refractivity contribution is 6.05. The van der Waals surface area contributed by atoms with E-state index in [1.807, 2.05) is 0 Å². The Labute approximate surface area is 208 Å². The van der Waals surface area contributed by atoms with Crippen molar-refractivity contribution in [3.63, 3.8) is 0 Å². The van der Waals surface area contributed by atoms with E-state index in [1.165, 1.54) is 85.2 Å². The third kappa shape index (κ3) is 7.91. The van der Waals surface area contributed by atoms with Crippen LogP contribution in [0.1, 0.15) is 107 Å². The number of Topliss-reactive ketones (excluding diaryl/α,β-unsaturated/α-hetero) is 1. The smallest absolute Gasteiger partial charge is 0.351 e. The number of hydrogen-bond acceptors (Lipinski definition) is 7. The maximum Gasteiger partial charge on any atom is 0.351 e. The molecule has 0 aliphatic rings. The number of ether oxygens (including phenoxy) is 3. The molecule has 2 rings (SSSR count). The summed E-state index contributed by atoms with van der Waals surface area (Å²) >= 11 is 0. The monoisotopic (exact) mass is 490 g/mol. The average Bonchev–Trinajstić information content (AvgIpc) is 2.85. The number of benzene rings is 1. The molecule has 35 heavy (non-hydrogen) atoms. The molecular formula is C28H42O7. The highest BCUT2D eigenvalue weighted by Crippen LogP contribution is 2.46. The van der Waals surface area contributed by atoms with Gasteiger partial charge in [-0.25, -0.2) is 4.79 Å². The lowest BCUT2D eigenvalue weighted by Crippen LogP contribution is -2.15. The number of methoxy groups -OCH3 is 3. The molecule has 1 aromatic carbocycles. The molecule has 0 atom stereocenters. The van der Waals surface area contributed by atoms with Crippen molar-refractivity contribution >= 4 is 16.8 Å². The fourth-order valence-electron chi connectivity index (χ4n) is 4.49. The first kappa shape index (κ1) is 28.5. The Morgan fingerprint density at radius 1 is 0.800 bits per heavy atom. The Morgan fingerprint density at radius 3 is 1.80 bits per heavy atom. The number of aromatic hydroxyl groups is 1. The molecule has 7 heteroatoms. The summed E-state index contributed by atoms with van der Waals surface area (Å²) in [5.74, 6) is -0.225. The first-order valence-corrected chi connectivity index (χ1v) is 13.0. The lowest BCUT2D eigenvalue weighted by molar-refractivity contribution is 0.0973. The molecule has 0 fully saturated rings. The van der Waals surface area contributed by atoms with Crippen molar-refractivity contribution in [3.05, 3.63) is 22.0 Å². The van der Waals surface area contributed by atoms with Crippen LogP contribution in [-0.4, -0.2) is 32.2 Å². The molecule has 0 saturated heterocycles. The van der Waals surface area contributed by atoms with Crippen molar-refractivity contribution in [2.24, 2.45) is 0 Å². The van der Waals surface area contributed by atoms with Crippen molar-refractivity contribution in [1.82, 2.24) is 0 Å². The fraction of sp³-hybridized carbons (Fsp3) is 0.643. The molecule has 0 amide bonds. The summed E-state index contributed by atoms with van der Waals surface area (Å²) < 4.78 is 21.3. The molecule has 0 radical (unpaired) electrons. The van der Waals surface area contributed by atoms with E-state index < -0.39 is 17.2 Å². The number of fused-ring (bicyclic) bond motifs is 1. The van der Waals surface area contributed by atoms with Crippen LogP contribution in [0.2, 0.25) is 0 Å². The summed E-state index contributed by atoms with van der Waals surface area (Å²) in [6.45, 7) is 2.24. The maximum absolute atomic E-state index is 12.8. The summed E-state index contributed by atoms with van der Waals surface area (Å²) in [7, 11) is 4.27. The normalized spacial score (nSPS) is 11.1. The van der Waals surface area contributed by atoms with Gasteiger partial charge in [0, 0.05) is 12.5 Å². The minimum atomic E-state index is -0.871. The van der Waals surface area contributed by atoms with Crippen molar-refractivity contribution in [3.8, 4) is 23.0 Å². The molecule has 0 aliphatic heterocycles. The molecule has 0 unspecified atom stereocenters. The van der Waals surface area contributed by atoms with Gasteiger partial charge in [-0.2, -0.15) is 0 Å². The molecule has 7 nitrogen and oxygen atoms in total. The van der Waals surface area contributed by atoms with E-state index in [0.717, 1.165) is 19.3 Å². The standard InChI is InChI=1S/C28H42O7/c1-5-6-7-8-9-10-11-12-13-14-15-16-17-18-20(29)23-25(30)24-21(35-28(23)31)19-22(32-2)26(33-3)27(24)34-4/h19,30H,5-18H2,1-4H3. The number of carbonyl (C=O) groups is 1. The van der Waals surface area contributed by atoms with Crippen molar-refractivity contribution in [1.29, 1.82) is 0 Å². The van der Waals surface area contributed by atoms with Gasteiger partial charge in [0.05, 0.1) is 21.3 Å². The van der Waals surface area contributed by atoms with E-state index in [0.29, 0.717) is 6.42 Å². The van der Waals surface area contributed by atoms with Crippen LogP contribution in [0.5, 0.6) is 23.0 Å². The van der Waals surface area contributed by atoms with Gasteiger partial charge in [0.25, 0.3) is 0 Å². The van der Waals surface area contributed by atoms with E-state index in [1.54, 1.807) is 0 Å². The summed E-state index contributed by atoms with van der Waals surface area (Å²) in [6, 6.07) is 1.43. The second-order valence-electron chi connectivity index (χ2n) is 9.05. The van der Waals surface area contributed by atoms with Crippen LogP contribution in [0.4, 0.5) is 0 Å². The van der Waals surface area contributed by atoms with Gasteiger partial charge in [-0.3, -0.25) is 4.79 Å². The minimum Gasteiger partial charge on any atom is -0.506 e. The third-order valence-corrected chi connectivity index (χ3v) is 6.46. The van der Waals surface area contributed by atoms with Gasteiger partial charge < -0.3 is 23.7 Å². The number of ketones is 1. The SMILES string of the molecule is CCCCCCCCCCCCCCCC(=O)c1c(O)c2c(OC)c(OC)c(OC)cc2oc1=O. The lowest BCUT2D eigenvalue weighted by atomic mass is 10.0. The molecule has 0 bridgehead atoms. The predicted molar refractivity (Wildman–Crippen MR) is 138 cm³/mol. The lowest BCUT2D eigenvalue weighted by Gasteiger charge is -2.15. The van der Waals surface area contributed by atoms with Gasteiger partial charge in [0.1, 0.15) is 22.3 Å². The minimum absolute atomic E-state index is 0.0551. The summed E-state index contributed by atoms with van der Waals surface area (Å²) in [6.07, 6.45) is 15.8. The van der Waals surface area contributed by atoms with Gasteiger partial charge in [-0.05, 0) is 6.42 Å². The second kappa shape index (κ2) is 15.3. The van der Waals surface area contributed by atoms with Crippen LogP contribution in [0.3, 0.4) is 0 Å². The molecule has 196 valence electrons. The van der Waals surface area contributed by atoms with Crippen molar-refractivity contribution < 1.29 is 28.5 Å². The molecule has 0 aliphatic carbocycles. The van der Waals surface area contributed by atoms with E-state index in [4.69, 9.17) is 18.6 Å². The van der Waals surface area contributed by atoms with Gasteiger partial charge in [-0.1, -0.05) is 84.0 Å². The zero-order valence-corrected chi connectivity index (χ0v) is 21.9. The van der Waals surface area contributed by atoms with E-state index in [9.17, 15) is 14.7 Å². The fourth-order valence-corrected chi connectivity index (χ4v) is 4.49. The maximum atomic E-state index is 12.8. The van der Waals surface area contributed by atoms with E-state index in [2.05, 4.69) is 6.92 Å². The Bertz CT molecular complexity index is 993. The van der Waals surface area contributed by atoms with Crippen LogP contribution < -0.4 is 19.8 Å². The molecule has 1 heterocycles. The highest BCUT2D eigenvalue weighted by Gasteiger charge is 2.26. The van der Waals surface area contributed by atoms with Crippen molar-refractivity contribution in [2.45, 2.75) is 96.8 Å². The summed E-state index contributed by atoms with van der Waals surface area (Å²) in [5.41, 5.74) is -1.16. The Hall–Kier alpha value is -2.70. The van der Waals surface area contributed by atoms with E-state index >= 15 is 0 Å². The quantitative estimate of drug-likeness (QED) is 0.134. The van der Waals surface area contributed by atoms with Crippen LogP contribution in [0.25, 0.3) is 11.0 Å². The number of carbonyl (C=O) groups excluding carboxylic acids is 1. The van der Waals surface area contributed by atoms with Crippen LogP contribution in [0.15, 0.2) is 15.3 Å². The molecule has 0 saturated carbocycles. The number of unbranched alkanes of at least 4 members (excludes halogenated alkanes) is 12. The molecular weight excluding hydrogens is 448 g/mol. The summed E-state index contributed by atoms with van der Waals surface area (Å²) in [5, 5.41) is 11.0. The average molecular weight is 491 g/mol. The van der Waals surface area contributed by atoms with Gasteiger partial charge in [0.15, 0.2) is 17.3 Å². The topological polar surface area (TPSA) is 95.2 Å². The third-order valence-electron chi connectivity index (χ3n) is 6.46. The molecule has 1 N–H and O–H groups in total. The second-order valence-corrected chi connectivity index (χ2v) is 9.05. The zero-order valence-electron chi connectivity index (χ0n) is 21.9. The number of rotatable bonds is 18. The zero-order chi connectivity index (χ0) is 25.6. The largest absolute Gasteiger partial charge is 0.506 e. The van der Waals surface area contributed by atoms with Crippen LogP contribution in [0, 0.1) is 0 Å². The number of hydrogen-bond donors (Lipinski definition) is 1.